The van der Waals surface area contributed by atoms with E-state index in [0.29, 0.717) is 12.5 Å². The molecule has 3 rings (SSSR count). The molecule has 0 unspecified atom stereocenters. The van der Waals surface area contributed by atoms with Crippen LogP contribution in [-0.4, -0.2) is 36.6 Å². The fourth-order valence-corrected chi connectivity index (χ4v) is 4.14. The van der Waals surface area contributed by atoms with E-state index in [4.69, 9.17) is 4.74 Å². The smallest absolute Gasteiger partial charge is 0.238 e. The van der Waals surface area contributed by atoms with Gasteiger partial charge in [0, 0.05) is 30.3 Å². The number of anilines is 1. The molecule has 26 heavy (non-hydrogen) atoms. The Bertz CT molecular complexity index is 694. The molecule has 1 aliphatic heterocycles. The fraction of sp³-hybridized carbons (Fsp3) is 0.476. The summed E-state index contributed by atoms with van der Waals surface area (Å²) in [7, 11) is 0. The topological polar surface area (TPSA) is 41.6 Å². The minimum absolute atomic E-state index is 0.0349. The van der Waals surface area contributed by atoms with Gasteiger partial charge in [0.05, 0.1) is 12.6 Å². The predicted octanol–water partition coefficient (Wildman–Crippen LogP) is 4.49. The molecule has 2 heterocycles. The Hall–Kier alpha value is -1.69. The average molecular weight is 373 g/mol. The lowest BCUT2D eigenvalue weighted by atomic mass is 10.0. The summed E-state index contributed by atoms with van der Waals surface area (Å²) >= 11 is 1.73. The molecular formula is C21H28N2O2S. The van der Waals surface area contributed by atoms with Gasteiger partial charge in [0.2, 0.25) is 5.91 Å². The van der Waals surface area contributed by atoms with Gasteiger partial charge in [-0.15, -0.1) is 11.3 Å². The highest BCUT2D eigenvalue weighted by molar-refractivity contribution is 7.09. The van der Waals surface area contributed by atoms with Crippen molar-refractivity contribution in [1.82, 2.24) is 4.90 Å². The van der Waals surface area contributed by atoms with E-state index in [0.717, 1.165) is 38.2 Å². The van der Waals surface area contributed by atoms with Gasteiger partial charge in [-0.05, 0) is 41.8 Å². The highest BCUT2D eigenvalue weighted by atomic mass is 32.1. The van der Waals surface area contributed by atoms with Crippen molar-refractivity contribution in [2.75, 3.05) is 25.0 Å². The third kappa shape index (κ3) is 5.40. The van der Waals surface area contributed by atoms with Crippen molar-refractivity contribution in [3.05, 3.63) is 52.2 Å². The van der Waals surface area contributed by atoms with Crippen molar-refractivity contribution < 1.29 is 9.53 Å². The molecule has 1 atom stereocenters. The first kappa shape index (κ1) is 19.1. The summed E-state index contributed by atoms with van der Waals surface area (Å²) in [5, 5.41) is 5.19. The van der Waals surface area contributed by atoms with Crippen molar-refractivity contribution in [2.45, 2.75) is 45.3 Å². The summed E-state index contributed by atoms with van der Waals surface area (Å²) < 4.78 is 5.78. The molecule has 1 amide bonds. The van der Waals surface area contributed by atoms with Crippen molar-refractivity contribution in [3.63, 3.8) is 0 Å². The van der Waals surface area contributed by atoms with Crippen LogP contribution in [0.15, 0.2) is 41.8 Å². The Kier molecular flexibility index (Phi) is 6.83. The molecule has 2 aromatic rings. The van der Waals surface area contributed by atoms with Crippen molar-refractivity contribution in [1.29, 1.82) is 0 Å². The van der Waals surface area contributed by atoms with Crippen LogP contribution in [0.5, 0.6) is 0 Å². The number of benzene rings is 1. The van der Waals surface area contributed by atoms with Crippen molar-refractivity contribution >= 4 is 22.9 Å². The summed E-state index contributed by atoms with van der Waals surface area (Å²) in [6, 6.07) is 12.2. The van der Waals surface area contributed by atoms with Gasteiger partial charge in [-0.3, -0.25) is 9.69 Å². The number of nitrogens with one attached hydrogen (secondary N) is 1. The zero-order chi connectivity index (χ0) is 18.4. The standard InChI is InChI=1S/C21H28N2O2S/c1-16(2)19-9-3-4-10-20(19)22-21(24)15-23(13-17-7-5-11-25-17)14-18-8-6-12-26-18/h3-4,6,8-10,12,16-17H,5,7,11,13-15H2,1-2H3,(H,22,24)/t17-/m0/s1. The maximum absolute atomic E-state index is 12.7. The molecule has 1 aliphatic rings. The number of ether oxygens (including phenoxy) is 1. The van der Waals surface area contributed by atoms with Crippen molar-refractivity contribution in [2.24, 2.45) is 0 Å². The normalized spacial score (nSPS) is 17.2. The summed E-state index contributed by atoms with van der Waals surface area (Å²) in [5.74, 6) is 0.410. The molecule has 140 valence electrons. The highest BCUT2D eigenvalue weighted by Crippen LogP contribution is 2.24. The Labute approximate surface area is 160 Å². The molecule has 0 spiro atoms. The zero-order valence-electron chi connectivity index (χ0n) is 15.6. The molecule has 0 radical (unpaired) electrons. The van der Waals surface area contributed by atoms with Gasteiger partial charge in [-0.1, -0.05) is 38.1 Å². The van der Waals surface area contributed by atoms with E-state index in [1.807, 2.05) is 18.2 Å². The lowest BCUT2D eigenvalue weighted by Crippen LogP contribution is -2.37. The number of thiophene rings is 1. The molecule has 0 saturated carbocycles. The lowest BCUT2D eigenvalue weighted by Gasteiger charge is -2.24. The lowest BCUT2D eigenvalue weighted by molar-refractivity contribution is -0.117. The van der Waals surface area contributed by atoms with E-state index in [9.17, 15) is 4.79 Å². The van der Waals surface area contributed by atoms with Crippen LogP contribution < -0.4 is 5.32 Å². The van der Waals surface area contributed by atoms with Crippen LogP contribution in [-0.2, 0) is 16.1 Å². The fourth-order valence-electron chi connectivity index (χ4n) is 3.39. The predicted molar refractivity (Wildman–Crippen MR) is 108 cm³/mol. The largest absolute Gasteiger partial charge is 0.377 e. The van der Waals surface area contributed by atoms with Gasteiger partial charge >= 0.3 is 0 Å². The first-order valence-corrected chi connectivity index (χ1v) is 10.2. The Morgan fingerprint density at radius 1 is 1.31 bits per heavy atom. The number of rotatable bonds is 8. The number of carbonyl (C=O) groups is 1. The average Bonchev–Trinajstić information content (AvgIpc) is 3.29. The maximum atomic E-state index is 12.7. The number of nitrogens with zero attached hydrogens (tertiary/aromatic N) is 1. The molecule has 1 N–H and O–H groups in total. The van der Waals surface area contributed by atoms with E-state index in [2.05, 4.69) is 47.6 Å². The monoisotopic (exact) mass is 372 g/mol. The Balaban J connectivity index is 1.64. The molecule has 0 bridgehead atoms. The number of para-hydroxylation sites is 1. The van der Waals surface area contributed by atoms with E-state index < -0.39 is 0 Å². The third-order valence-corrected chi connectivity index (χ3v) is 5.53. The van der Waals surface area contributed by atoms with Crippen molar-refractivity contribution in [3.8, 4) is 0 Å². The summed E-state index contributed by atoms with van der Waals surface area (Å²) in [6.45, 7) is 7.10. The maximum Gasteiger partial charge on any atom is 0.238 e. The van der Waals surface area contributed by atoms with Crippen LogP contribution in [0.1, 0.15) is 43.0 Å². The molecule has 1 aromatic heterocycles. The number of amides is 1. The van der Waals surface area contributed by atoms with Gasteiger partial charge in [0.15, 0.2) is 0 Å². The van der Waals surface area contributed by atoms with Crippen LogP contribution in [0, 0.1) is 0 Å². The SMILES string of the molecule is CC(C)c1ccccc1NC(=O)CN(Cc1cccs1)C[C@@H]1CCCO1. The van der Waals surface area contributed by atoms with E-state index in [1.54, 1.807) is 11.3 Å². The minimum atomic E-state index is 0.0349. The van der Waals surface area contributed by atoms with Crippen LogP contribution in [0.4, 0.5) is 5.69 Å². The Morgan fingerprint density at radius 3 is 2.85 bits per heavy atom. The van der Waals surface area contributed by atoms with Gasteiger partial charge in [-0.2, -0.15) is 0 Å². The number of hydrogen-bond acceptors (Lipinski definition) is 4. The quantitative estimate of drug-likeness (QED) is 0.742. The summed E-state index contributed by atoms with van der Waals surface area (Å²) in [5.41, 5.74) is 2.09. The first-order valence-electron chi connectivity index (χ1n) is 9.37. The Morgan fingerprint density at radius 2 is 2.15 bits per heavy atom. The number of carbonyl (C=O) groups excluding carboxylic acids is 1. The second-order valence-electron chi connectivity index (χ2n) is 7.17. The van der Waals surface area contributed by atoms with E-state index >= 15 is 0 Å². The van der Waals surface area contributed by atoms with Crippen LogP contribution in [0.3, 0.4) is 0 Å². The van der Waals surface area contributed by atoms with Gasteiger partial charge in [-0.25, -0.2) is 0 Å². The molecule has 4 nitrogen and oxygen atoms in total. The van der Waals surface area contributed by atoms with E-state index in [-0.39, 0.29) is 12.0 Å². The molecule has 1 fully saturated rings. The summed E-state index contributed by atoms with van der Waals surface area (Å²) in [6.07, 6.45) is 2.44. The van der Waals surface area contributed by atoms with Gasteiger partial charge in [0.25, 0.3) is 0 Å². The second-order valence-corrected chi connectivity index (χ2v) is 8.21. The van der Waals surface area contributed by atoms with Gasteiger partial charge < -0.3 is 10.1 Å². The first-order chi connectivity index (χ1) is 12.6. The van der Waals surface area contributed by atoms with E-state index in [1.165, 1.54) is 10.4 Å². The summed E-state index contributed by atoms with van der Waals surface area (Å²) in [4.78, 5) is 16.2. The minimum Gasteiger partial charge on any atom is -0.377 e. The zero-order valence-corrected chi connectivity index (χ0v) is 16.4. The molecule has 1 saturated heterocycles. The van der Waals surface area contributed by atoms with Crippen LogP contribution in [0.25, 0.3) is 0 Å². The van der Waals surface area contributed by atoms with Crippen LogP contribution in [0.2, 0.25) is 0 Å². The van der Waals surface area contributed by atoms with Crippen LogP contribution >= 0.6 is 11.3 Å². The third-order valence-electron chi connectivity index (χ3n) is 4.67. The molecule has 0 aliphatic carbocycles. The second kappa shape index (κ2) is 9.31. The molecule has 5 heteroatoms. The van der Waals surface area contributed by atoms with Gasteiger partial charge in [0.1, 0.15) is 0 Å². The number of hydrogen-bond donors (Lipinski definition) is 1. The molecular weight excluding hydrogens is 344 g/mol. The highest BCUT2D eigenvalue weighted by Gasteiger charge is 2.21. The molecule has 1 aromatic carbocycles.